The summed E-state index contributed by atoms with van der Waals surface area (Å²) in [6.07, 6.45) is 0. The van der Waals surface area contributed by atoms with E-state index < -0.39 is 10.8 Å². The quantitative estimate of drug-likeness (QED) is 0.166. The van der Waals surface area contributed by atoms with Crippen molar-refractivity contribution >= 4 is 101 Å². The predicted octanol–water partition coefficient (Wildman–Crippen LogP) is 22.9. The molecule has 6 heterocycles. The zero-order valence-corrected chi connectivity index (χ0v) is 49.0. The number of rotatable bonds is 6. The molecule has 4 nitrogen and oxygen atoms in total. The lowest BCUT2D eigenvalue weighted by Crippen LogP contribution is -2.47. The van der Waals surface area contributed by atoms with E-state index in [2.05, 4.69) is 313 Å². The smallest absolute Gasteiger partial charge is 0.135 e. The SMILES string of the molecule is c1ccc(-c2ccc3oc4ccc(-c5cc6c(s5)C5(c7ccccc7N(c7ccccc7)c7ccccc75)c5cc(-c7ccc8oc9ccc(-c%10ccccc%10)cc9c8c7)sc5C65c6ccccc6N(c6ccccc6)c6ccccc65)cc4c3c2)cc1. The van der Waals surface area contributed by atoms with Crippen LogP contribution in [0.3, 0.4) is 0 Å². The minimum Gasteiger partial charge on any atom is -0.456 e. The largest absolute Gasteiger partial charge is 0.456 e. The van der Waals surface area contributed by atoms with Gasteiger partial charge in [-0.25, -0.2) is 0 Å². The molecular formula is C82H50N2O2S2. The summed E-state index contributed by atoms with van der Waals surface area (Å²) in [4.78, 5) is 9.99. The molecule has 6 heteroatoms. The molecule has 3 aliphatic rings. The fraction of sp³-hybridized carbons (Fsp3) is 0.0244. The number of nitrogens with zero attached hydrogens (tertiary/aromatic N) is 2. The van der Waals surface area contributed by atoms with E-state index in [0.717, 1.165) is 100 Å². The molecule has 16 aromatic rings. The molecule has 0 bridgehead atoms. The molecule has 2 spiro atoms. The van der Waals surface area contributed by atoms with Gasteiger partial charge in [0.1, 0.15) is 22.3 Å². The van der Waals surface area contributed by atoms with Crippen molar-refractivity contribution in [3.8, 4) is 43.1 Å². The van der Waals surface area contributed by atoms with E-state index in [1.54, 1.807) is 0 Å². The minimum atomic E-state index is -0.805. The standard InChI is InChI=1S/C82H50N2O2S2/c1-5-21-51(22-6-1)53-37-41-73-59(45-53)61-47-55(39-43-75(61)85-73)77-49-67-79(87-77)82(65-31-15-19-35-71(65)84(58-27-11-4-12-28-58)72-36-20-16-32-66(72)82)68-50-78(56-40-44-76-62(48-56)60-46-54(38-42-74(60)86-76)52-23-7-2-8-24-52)88-80(68)81(67)63-29-13-17-33-69(63)83(57-25-9-3-10-26-57)70-34-18-14-30-64(70)81/h1-50H. The summed E-state index contributed by atoms with van der Waals surface area (Å²) in [5.41, 5.74) is 23.3. The second kappa shape index (κ2) is 18.9. The number of para-hydroxylation sites is 6. The van der Waals surface area contributed by atoms with E-state index in [1.165, 1.54) is 64.0 Å². The lowest BCUT2D eigenvalue weighted by Gasteiger charge is -2.53. The molecule has 2 aliphatic heterocycles. The third kappa shape index (κ3) is 6.90. The van der Waals surface area contributed by atoms with Crippen molar-refractivity contribution in [3.63, 3.8) is 0 Å². The van der Waals surface area contributed by atoms with Gasteiger partial charge in [-0.05, 0) is 188 Å². The van der Waals surface area contributed by atoms with Crippen molar-refractivity contribution in [3.05, 3.63) is 346 Å². The Morgan fingerprint density at radius 1 is 0.239 bits per heavy atom. The van der Waals surface area contributed by atoms with Gasteiger partial charge in [0.25, 0.3) is 0 Å². The van der Waals surface area contributed by atoms with Gasteiger partial charge in [-0.3, -0.25) is 0 Å². The topological polar surface area (TPSA) is 32.8 Å². The summed E-state index contributed by atoms with van der Waals surface area (Å²) in [6.45, 7) is 0. The van der Waals surface area contributed by atoms with Crippen molar-refractivity contribution in [2.24, 2.45) is 0 Å². The Balaban J connectivity index is 0.939. The van der Waals surface area contributed by atoms with Crippen LogP contribution in [0.2, 0.25) is 0 Å². The van der Waals surface area contributed by atoms with Crippen LogP contribution in [0.4, 0.5) is 34.1 Å². The van der Waals surface area contributed by atoms with Crippen molar-refractivity contribution in [2.75, 3.05) is 9.80 Å². The van der Waals surface area contributed by atoms with Crippen LogP contribution >= 0.6 is 22.7 Å². The average Bonchev–Trinajstić information content (AvgIpc) is 1.29. The highest BCUT2D eigenvalue weighted by Crippen LogP contribution is 2.71. The zero-order valence-electron chi connectivity index (χ0n) is 47.4. The number of fused-ring (bicyclic) bond motifs is 20. The normalized spacial score (nSPS) is 14.0. The maximum atomic E-state index is 6.68. The first-order valence-electron chi connectivity index (χ1n) is 30.0. The highest BCUT2D eigenvalue weighted by molar-refractivity contribution is 7.17. The Morgan fingerprint density at radius 2 is 0.523 bits per heavy atom. The van der Waals surface area contributed by atoms with Crippen LogP contribution in [-0.2, 0) is 10.8 Å². The van der Waals surface area contributed by atoms with Gasteiger partial charge in [0.2, 0.25) is 0 Å². The lowest BCUT2D eigenvalue weighted by molar-refractivity contribution is 0.634. The molecule has 0 unspecified atom stereocenters. The summed E-state index contributed by atoms with van der Waals surface area (Å²) in [5, 5.41) is 4.41. The van der Waals surface area contributed by atoms with Crippen LogP contribution < -0.4 is 9.80 Å². The molecule has 0 radical (unpaired) electrons. The fourth-order valence-electron chi connectivity index (χ4n) is 15.2. The zero-order chi connectivity index (χ0) is 57.7. The Labute approximate surface area is 516 Å². The molecule has 0 N–H and O–H groups in total. The molecule has 1 aliphatic carbocycles. The van der Waals surface area contributed by atoms with Crippen molar-refractivity contribution in [1.29, 1.82) is 0 Å². The van der Waals surface area contributed by atoms with E-state index in [0.29, 0.717) is 0 Å². The van der Waals surface area contributed by atoms with Gasteiger partial charge in [-0.1, -0.05) is 182 Å². The summed E-state index contributed by atoms with van der Waals surface area (Å²) in [6, 6.07) is 112. The lowest BCUT2D eigenvalue weighted by atomic mass is 9.53. The number of hydrogen-bond donors (Lipinski definition) is 0. The maximum Gasteiger partial charge on any atom is 0.135 e. The molecule has 0 amide bonds. The number of benzene rings is 12. The summed E-state index contributed by atoms with van der Waals surface area (Å²) in [7, 11) is 0. The highest BCUT2D eigenvalue weighted by atomic mass is 32.1. The van der Waals surface area contributed by atoms with Crippen LogP contribution in [0.5, 0.6) is 0 Å². The molecule has 88 heavy (non-hydrogen) atoms. The molecule has 0 atom stereocenters. The number of furan rings is 2. The van der Waals surface area contributed by atoms with E-state index in [-0.39, 0.29) is 0 Å². The van der Waals surface area contributed by atoms with Gasteiger partial charge in [0.05, 0.1) is 33.6 Å². The third-order valence-electron chi connectivity index (χ3n) is 18.9. The molecule has 0 saturated carbocycles. The van der Waals surface area contributed by atoms with Crippen LogP contribution in [0, 0.1) is 0 Å². The molecular weight excluding hydrogens is 1110 g/mol. The van der Waals surface area contributed by atoms with Crippen molar-refractivity contribution < 1.29 is 8.83 Å². The Hall–Kier alpha value is -10.8. The second-order valence-corrected chi connectivity index (χ2v) is 25.5. The minimum absolute atomic E-state index is 0.805. The Morgan fingerprint density at radius 3 is 0.864 bits per heavy atom. The molecule has 12 aromatic carbocycles. The summed E-state index contributed by atoms with van der Waals surface area (Å²) in [5.74, 6) is 0. The number of hydrogen-bond acceptors (Lipinski definition) is 6. The van der Waals surface area contributed by atoms with Gasteiger partial charge in [0, 0.05) is 52.4 Å². The Kier molecular flexibility index (Phi) is 10.6. The van der Waals surface area contributed by atoms with Crippen molar-refractivity contribution in [1.82, 2.24) is 0 Å². The van der Waals surface area contributed by atoms with Gasteiger partial charge in [-0.2, -0.15) is 0 Å². The van der Waals surface area contributed by atoms with Crippen molar-refractivity contribution in [2.45, 2.75) is 10.8 Å². The first-order chi connectivity index (χ1) is 43.6. The maximum absolute atomic E-state index is 6.68. The fourth-order valence-corrected chi connectivity index (χ4v) is 18.1. The molecule has 19 rings (SSSR count). The van der Waals surface area contributed by atoms with E-state index >= 15 is 0 Å². The van der Waals surface area contributed by atoms with Crippen LogP contribution in [0.1, 0.15) is 43.1 Å². The van der Waals surface area contributed by atoms with Crippen LogP contribution in [-0.4, -0.2) is 0 Å². The first-order valence-corrected chi connectivity index (χ1v) is 31.7. The molecule has 0 saturated heterocycles. The van der Waals surface area contributed by atoms with Crippen LogP contribution in [0.25, 0.3) is 87.0 Å². The van der Waals surface area contributed by atoms with Gasteiger partial charge in [-0.15, -0.1) is 22.7 Å². The second-order valence-electron chi connectivity index (χ2n) is 23.4. The van der Waals surface area contributed by atoms with E-state index in [4.69, 9.17) is 8.83 Å². The monoisotopic (exact) mass is 1160 g/mol. The van der Waals surface area contributed by atoms with Gasteiger partial charge in [0.15, 0.2) is 0 Å². The summed E-state index contributed by atoms with van der Waals surface area (Å²) >= 11 is 3.90. The van der Waals surface area contributed by atoms with Crippen LogP contribution in [0.15, 0.2) is 312 Å². The average molecular weight is 1160 g/mol. The summed E-state index contributed by atoms with van der Waals surface area (Å²) < 4.78 is 13.4. The molecule has 0 fully saturated rings. The van der Waals surface area contributed by atoms with E-state index in [9.17, 15) is 0 Å². The van der Waals surface area contributed by atoms with E-state index in [1.807, 2.05) is 22.7 Å². The van der Waals surface area contributed by atoms with Gasteiger partial charge < -0.3 is 18.6 Å². The highest BCUT2D eigenvalue weighted by Gasteiger charge is 2.61. The third-order valence-corrected chi connectivity index (χ3v) is 21.5. The number of thiophene rings is 2. The van der Waals surface area contributed by atoms with Gasteiger partial charge >= 0.3 is 0 Å². The predicted molar refractivity (Wildman–Crippen MR) is 365 cm³/mol. The number of anilines is 6. The first kappa shape index (κ1) is 49.5. The molecule has 4 aromatic heterocycles. The Bertz CT molecular complexity index is 5000. The molecule has 412 valence electrons.